The van der Waals surface area contributed by atoms with Crippen LogP contribution in [0, 0.1) is 0 Å². The van der Waals surface area contributed by atoms with Gasteiger partial charge in [0.05, 0.1) is 6.61 Å². The smallest absolute Gasteiger partial charge is 0.324 e. The number of benzene rings is 1. The van der Waals surface area contributed by atoms with Crippen molar-refractivity contribution < 1.29 is 9.76 Å². The Labute approximate surface area is 83.6 Å². The molecule has 0 aliphatic heterocycles. The van der Waals surface area contributed by atoms with Crippen LogP contribution in [-0.4, -0.2) is 18.5 Å². The third-order valence-corrected chi connectivity index (χ3v) is 1.96. The van der Waals surface area contributed by atoms with Crippen LogP contribution in [0.15, 0.2) is 18.2 Å². The van der Waals surface area contributed by atoms with Gasteiger partial charge in [-0.1, -0.05) is 18.4 Å². The summed E-state index contributed by atoms with van der Waals surface area (Å²) < 4.78 is 5.33. The molecule has 0 atom stereocenters. The van der Waals surface area contributed by atoms with Crippen LogP contribution in [0.3, 0.4) is 0 Å². The zero-order valence-corrected chi connectivity index (χ0v) is 8.51. The molecule has 0 heterocycles. The van der Waals surface area contributed by atoms with E-state index in [1.807, 2.05) is 6.92 Å². The molecule has 0 aromatic heterocycles. The zero-order valence-electron chi connectivity index (χ0n) is 7.75. The molecule has 0 radical (unpaired) electrons. The summed E-state index contributed by atoms with van der Waals surface area (Å²) in [6.45, 7) is 3.62. The molecule has 0 fully saturated rings. The molecule has 0 saturated carbocycles. The van der Waals surface area contributed by atoms with E-state index in [0.717, 1.165) is 5.46 Å². The van der Waals surface area contributed by atoms with E-state index in [1.165, 1.54) is 0 Å². The van der Waals surface area contributed by atoms with Crippen LogP contribution >= 0.6 is 11.6 Å². The first-order valence-corrected chi connectivity index (χ1v) is 4.63. The fourth-order valence-corrected chi connectivity index (χ4v) is 1.31. The zero-order chi connectivity index (χ0) is 9.84. The van der Waals surface area contributed by atoms with Gasteiger partial charge in [0.1, 0.15) is 5.75 Å². The largest absolute Gasteiger partial charge is 0.494 e. The summed E-state index contributed by atoms with van der Waals surface area (Å²) in [5.41, 5.74) is 0.731. The van der Waals surface area contributed by atoms with Crippen LogP contribution in [0.4, 0.5) is 0 Å². The van der Waals surface area contributed by atoms with Gasteiger partial charge in [-0.05, 0) is 30.6 Å². The maximum absolute atomic E-state index is 9.42. The van der Waals surface area contributed by atoms with Gasteiger partial charge in [-0.3, -0.25) is 0 Å². The van der Waals surface area contributed by atoms with E-state index in [2.05, 4.69) is 0 Å². The number of halogens is 1. The maximum atomic E-state index is 9.42. The van der Waals surface area contributed by atoms with Crippen LogP contribution in [0.5, 0.6) is 5.75 Å². The Morgan fingerprint density at radius 2 is 2.23 bits per heavy atom. The van der Waals surface area contributed by atoms with Crippen LogP contribution in [-0.2, 0) is 0 Å². The Morgan fingerprint density at radius 1 is 1.54 bits per heavy atom. The summed E-state index contributed by atoms with van der Waals surface area (Å²) in [4.78, 5) is 0. The average molecular weight is 198 g/mol. The van der Waals surface area contributed by atoms with Crippen LogP contribution < -0.4 is 10.2 Å². The molecule has 2 nitrogen and oxygen atoms in total. The van der Waals surface area contributed by atoms with Gasteiger partial charge in [0, 0.05) is 5.02 Å². The molecule has 0 aliphatic rings. The van der Waals surface area contributed by atoms with Crippen molar-refractivity contribution >= 4 is 24.0 Å². The highest BCUT2D eigenvalue weighted by Crippen LogP contribution is 2.14. The number of rotatable bonds is 3. The molecular weight excluding hydrogens is 186 g/mol. The summed E-state index contributed by atoms with van der Waals surface area (Å²) in [5.74, 6) is 0.696. The summed E-state index contributed by atoms with van der Waals surface area (Å²) in [5, 5.41) is 10.0. The molecule has 0 bridgehead atoms. The summed E-state index contributed by atoms with van der Waals surface area (Å²) >= 11 is 5.79. The van der Waals surface area contributed by atoms with Crippen molar-refractivity contribution in [3.63, 3.8) is 0 Å². The van der Waals surface area contributed by atoms with Gasteiger partial charge in [0.15, 0.2) is 0 Å². The van der Waals surface area contributed by atoms with Crippen molar-refractivity contribution in [2.75, 3.05) is 6.61 Å². The van der Waals surface area contributed by atoms with Crippen LogP contribution in [0.2, 0.25) is 11.8 Å². The maximum Gasteiger partial charge on any atom is 0.324 e. The second-order valence-electron chi connectivity index (χ2n) is 2.79. The monoisotopic (exact) mass is 198 g/mol. The first-order valence-electron chi connectivity index (χ1n) is 4.25. The lowest BCUT2D eigenvalue weighted by atomic mass is 9.64. The van der Waals surface area contributed by atoms with Crippen molar-refractivity contribution in [1.29, 1.82) is 0 Å². The van der Waals surface area contributed by atoms with Crippen LogP contribution in [0.1, 0.15) is 6.92 Å². The first kappa shape index (κ1) is 10.4. The van der Waals surface area contributed by atoms with Crippen molar-refractivity contribution in [3.8, 4) is 5.75 Å². The molecule has 1 aromatic rings. The molecule has 0 saturated heterocycles. The van der Waals surface area contributed by atoms with Crippen molar-refractivity contribution in [2.45, 2.75) is 13.7 Å². The highest BCUT2D eigenvalue weighted by atomic mass is 35.5. The minimum Gasteiger partial charge on any atom is -0.494 e. The molecule has 1 aromatic carbocycles. The lowest BCUT2D eigenvalue weighted by Crippen LogP contribution is -2.28. The third kappa shape index (κ3) is 2.64. The topological polar surface area (TPSA) is 29.5 Å². The molecular formula is C9H12BClO2. The lowest BCUT2D eigenvalue weighted by molar-refractivity contribution is 0.342. The highest BCUT2D eigenvalue weighted by molar-refractivity contribution is 6.66. The summed E-state index contributed by atoms with van der Waals surface area (Å²) in [6.07, 6.45) is 0. The van der Waals surface area contributed by atoms with Crippen LogP contribution in [0.25, 0.3) is 0 Å². The normalized spacial score (nSPS) is 9.85. The minimum atomic E-state index is -0.555. The van der Waals surface area contributed by atoms with Gasteiger partial charge < -0.3 is 9.76 Å². The second-order valence-corrected chi connectivity index (χ2v) is 3.23. The molecule has 0 unspecified atom stereocenters. The standard InChI is InChI=1S/C9H12BClO2/c1-3-13-9-5-4-7(11)6-8(9)10(2)12/h4-6,12H,3H2,1-2H3. The quantitative estimate of drug-likeness (QED) is 0.747. The molecule has 1 rings (SSSR count). The molecule has 4 heteroatoms. The highest BCUT2D eigenvalue weighted by Gasteiger charge is 2.13. The SMILES string of the molecule is CCOc1ccc(Cl)cc1B(C)O. The Kier molecular flexibility index (Phi) is 3.64. The van der Waals surface area contributed by atoms with Gasteiger partial charge in [-0.2, -0.15) is 0 Å². The summed E-state index contributed by atoms with van der Waals surface area (Å²) in [6, 6.07) is 5.24. The Balaban J connectivity index is 3.03. The Bertz CT molecular complexity index is 289. The minimum absolute atomic E-state index is 0.555. The third-order valence-electron chi connectivity index (χ3n) is 1.72. The molecule has 0 aliphatic carbocycles. The number of hydrogen-bond donors (Lipinski definition) is 1. The van der Waals surface area contributed by atoms with Gasteiger partial charge in [-0.15, -0.1) is 0 Å². The van der Waals surface area contributed by atoms with Crippen molar-refractivity contribution in [2.24, 2.45) is 0 Å². The van der Waals surface area contributed by atoms with Gasteiger partial charge >= 0.3 is 6.92 Å². The predicted octanol–water partition coefficient (Wildman–Crippen LogP) is 1.56. The van der Waals surface area contributed by atoms with E-state index in [9.17, 15) is 5.02 Å². The van der Waals surface area contributed by atoms with E-state index in [1.54, 1.807) is 25.0 Å². The van der Waals surface area contributed by atoms with E-state index >= 15 is 0 Å². The fourth-order valence-electron chi connectivity index (χ4n) is 1.13. The summed E-state index contributed by atoms with van der Waals surface area (Å²) in [7, 11) is 0. The van der Waals surface area contributed by atoms with Crippen molar-refractivity contribution in [1.82, 2.24) is 0 Å². The van der Waals surface area contributed by atoms with Gasteiger partial charge in [0.25, 0.3) is 0 Å². The van der Waals surface area contributed by atoms with E-state index in [4.69, 9.17) is 16.3 Å². The molecule has 0 spiro atoms. The van der Waals surface area contributed by atoms with Gasteiger partial charge in [0.2, 0.25) is 0 Å². The number of hydrogen-bond acceptors (Lipinski definition) is 2. The Hall–Kier alpha value is -0.665. The van der Waals surface area contributed by atoms with E-state index in [0.29, 0.717) is 17.4 Å². The predicted molar refractivity (Wildman–Crippen MR) is 56.1 cm³/mol. The average Bonchev–Trinajstić information content (AvgIpc) is 2.08. The number of ether oxygens (including phenoxy) is 1. The lowest BCUT2D eigenvalue weighted by Gasteiger charge is -2.10. The fraction of sp³-hybridized carbons (Fsp3) is 0.333. The molecule has 70 valence electrons. The first-order chi connectivity index (χ1) is 6.15. The van der Waals surface area contributed by atoms with Crippen molar-refractivity contribution in [3.05, 3.63) is 23.2 Å². The van der Waals surface area contributed by atoms with E-state index in [-0.39, 0.29) is 0 Å². The Morgan fingerprint density at radius 3 is 2.77 bits per heavy atom. The van der Waals surface area contributed by atoms with Gasteiger partial charge in [-0.25, -0.2) is 0 Å². The molecule has 0 amide bonds. The molecule has 1 N–H and O–H groups in total. The van der Waals surface area contributed by atoms with E-state index < -0.39 is 6.92 Å². The molecule has 13 heavy (non-hydrogen) atoms. The second kappa shape index (κ2) is 4.54.